The van der Waals surface area contributed by atoms with E-state index in [0.717, 1.165) is 3.57 Å². The van der Waals surface area contributed by atoms with Crippen LogP contribution in [-0.4, -0.2) is 5.97 Å². The van der Waals surface area contributed by atoms with Gasteiger partial charge in [0.1, 0.15) is 0 Å². The van der Waals surface area contributed by atoms with Gasteiger partial charge in [0.15, 0.2) is 5.06 Å². The molecule has 0 spiro atoms. The van der Waals surface area contributed by atoms with Gasteiger partial charge in [-0.2, -0.15) is 0 Å². The molecule has 0 unspecified atom stereocenters. The van der Waals surface area contributed by atoms with Gasteiger partial charge in [0.25, 0.3) is 0 Å². The highest BCUT2D eigenvalue weighted by molar-refractivity contribution is 14.1. The summed E-state index contributed by atoms with van der Waals surface area (Å²) >= 11 is 3.62. The number of hydrogen-bond donors (Lipinski definition) is 0. The van der Waals surface area contributed by atoms with E-state index in [2.05, 4.69) is 22.6 Å². The Labute approximate surface area is 94.9 Å². The van der Waals surface area contributed by atoms with Crippen LogP contribution in [0, 0.1) is 3.57 Å². The van der Waals surface area contributed by atoms with Gasteiger partial charge in [-0.1, -0.05) is 6.92 Å². The van der Waals surface area contributed by atoms with E-state index in [0.29, 0.717) is 11.5 Å². The second kappa shape index (κ2) is 5.77. The molecule has 0 amide bonds. The van der Waals surface area contributed by atoms with Gasteiger partial charge in [0.05, 0.1) is 0 Å². The molecule has 5 heteroatoms. The molecule has 0 aliphatic carbocycles. The number of halogens is 2. The van der Waals surface area contributed by atoms with Gasteiger partial charge < -0.3 is 4.74 Å². The normalized spacial score (nSPS) is 8.83. The van der Waals surface area contributed by atoms with Crippen LogP contribution < -0.4 is 4.74 Å². The Morgan fingerprint density at radius 1 is 1.75 bits per heavy atom. The Balaban J connectivity index is 0.00000121. The Hall–Kier alpha value is 0.190. The number of carbonyl (C=O) groups excluding carboxylic acids is 1. The summed E-state index contributed by atoms with van der Waals surface area (Å²) < 4.78 is 6.06. The van der Waals surface area contributed by atoms with Crippen LogP contribution >= 0.6 is 46.3 Å². The van der Waals surface area contributed by atoms with E-state index in [-0.39, 0.29) is 18.4 Å². The quantitative estimate of drug-likeness (QED) is 0.619. The lowest BCUT2D eigenvalue weighted by molar-refractivity contribution is -0.133. The fourth-order valence-corrected chi connectivity index (χ4v) is 2.04. The van der Waals surface area contributed by atoms with Crippen LogP contribution in [0.5, 0.6) is 5.06 Å². The first kappa shape index (κ1) is 12.2. The minimum Gasteiger partial charge on any atom is -0.415 e. The fraction of sp³-hybridized carbons (Fsp3) is 0.286. The van der Waals surface area contributed by atoms with Gasteiger partial charge in [-0.05, 0) is 22.6 Å². The lowest BCUT2D eigenvalue weighted by Crippen LogP contribution is -2.03. The molecule has 12 heavy (non-hydrogen) atoms. The van der Waals surface area contributed by atoms with Gasteiger partial charge in [0.2, 0.25) is 0 Å². The summed E-state index contributed by atoms with van der Waals surface area (Å²) in [5, 5.41) is 2.62. The van der Waals surface area contributed by atoms with Gasteiger partial charge in [0, 0.05) is 21.4 Å². The molecule has 0 aliphatic heterocycles. The van der Waals surface area contributed by atoms with Gasteiger partial charge in [-0.3, -0.25) is 4.79 Å². The molecule has 0 N–H and O–H groups in total. The highest BCUT2D eigenvalue weighted by atomic mass is 127. The molecule has 0 fully saturated rings. The third-order valence-corrected chi connectivity index (χ3v) is 2.90. The highest BCUT2D eigenvalue weighted by Crippen LogP contribution is 2.24. The standard InChI is InChI=1S/C7H7IO2S.ClH/c1-2-6(9)10-7-3-5(8)4-11-7;/h3-4H,2H2,1H3;1H. The number of esters is 1. The zero-order valence-corrected chi connectivity index (χ0v) is 10.2. The molecule has 1 heterocycles. The Morgan fingerprint density at radius 2 is 2.42 bits per heavy atom. The smallest absolute Gasteiger partial charge is 0.311 e. The molecule has 1 aromatic rings. The van der Waals surface area contributed by atoms with E-state index in [1.54, 1.807) is 6.92 Å². The van der Waals surface area contributed by atoms with Crippen molar-refractivity contribution in [3.05, 3.63) is 15.0 Å². The second-order valence-electron chi connectivity index (χ2n) is 1.91. The van der Waals surface area contributed by atoms with Crippen molar-refractivity contribution in [2.75, 3.05) is 0 Å². The molecule has 0 radical (unpaired) electrons. The minimum atomic E-state index is -0.178. The monoisotopic (exact) mass is 318 g/mol. The van der Waals surface area contributed by atoms with Gasteiger partial charge in [-0.25, -0.2) is 0 Å². The van der Waals surface area contributed by atoms with Gasteiger partial charge in [-0.15, -0.1) is 23.7 Å². The van der Waals surface area contributed by atoms with E-state index in [1.165, 1.54) is 11.3 Å². The molecule has 0 saturated carbocycles. The highest BCUT2D eigenvalue weighted by Gasteiger charge is 2.02. The van der Waals surface area contributed by atoms with Crippen molar-refractivity contribution in [2.45, 2.75) is 13.3 Å². The maximum atomic E-state index is 10.8. The third kappa shape index (κ3) is 3.73. The van der Waals surface area contributed by atoms with Crippen LogP contribution in [0.15, 0.2) is 11.4 Å². The molecule has 1 rings (SSSR count). The molecule has 0 atom stereocenters. The lowest BCUT2D eigenvalue weighted by Gasteiger charge is -1.95. The predicted octanol–water partition coefficient (Wildman–Crippen LogP) is 3.09. The first-order valence-electron chi connectivity index (χ1n) is 3.17. The number of rotatable bonds is 2. The van der Waals surface area contributed by atoms with Crippen LogP contribution in [0.4, 0.5) is 0 Å². The number of hydrogen-bond acceptors (Lipinski definition) is 3. The molecule has 2 nitrogen and oxygen atoms in total. The first-order valence-corrected chi connectivity index (χ1v) is 5.13. The van der Waals surface area contributed by atoms with Crippen molar-refractivity contribution >= 4 is 52.3 Å². The average molecular weight is 319 g/mol. The summed E-state index contributed by atoms with van der Waals surface area (Å²) in [6, 6.07) is 1.85. The summed E-state index contributed by atoms with van der Waals surface area (Å²) in [6.45, 7) is 1.78. The average Bonchev–Trinajstić information content (AvgIpc) is 2.35. The SMILES string of the molecule is CCC(=O)Oc1cc(I)cs1.Cl. The fourth-order valence-electron chi connectivity index (χ4n) is 0.533. The summed E-state index contributed by atoms with van der Waals surface area (Å²) in [5.74, 6) is -0.178. The summed E-state index contributed by atoms with van der Waals surface area (Å²) in [4.78, 5) is 10.8. The van der Waals surface area contributed by atoms with Crippen molar-refractivity contribution < 1.29 is 9.53 Å². The molecular weight excluding hydrogens is 310 g/mol. The van der Waals surface area contributed by atoms with Gasteiger partial charge >= 0.3 is 5.97 Å². The van der Waals surface area contributed by atoms with Crippen LogP contribution in [0.1, 0.15) is 13.3 Å². The van der Waals surface area contributed by atoms with Crippen LogP contribution in [0.25, 0.3) is 0 Å². The molecule has 0 aliphatic rings. The molecule has 1 aromatic heterocycles. The van der Waals surface area contributed by atoms with Crippen molar-refractivity contribution in [1.82, 2.24) is 0 Å². The summed E-state index contributed by atoms with van der Waals surface area (Å²) in [7, 11) is 0. The van der Waals surface area contributed by atoms with E-state index in [9.17, 15) is 4.79 Å². The number of carbonyl (C=O) groups is 1. The molecule has 0 saturated heterocycles. The number of ether oxygens (including phenoxy) is 1. The van der Waals surface area contributed by atoms with Crippen molar-refractivity contribution in [3.8, 4) is 5.06 Å². The van der Waals surface area contributed by atoms with E-state index in [1.807, 2.05) is 11.4 Å². The Morgan fingerprint density at radius 3 is 2.83 bits per heavy atom. The van der Waals surface area contributed by atoms with Crippen LogP contribution in [0.2, 0.25) is 0 Å². The van der Waals surface area contributed by atoms with Crippen LogP contribution in [-0.2, 0) is 4.79 Å². The van der Waals surface area contributed by atoms with Crippen LogP contribution in [0.3, 0.4) is 0 Å². The van der Waals surface area contributed by atoms with E-state index in [4.69, 9.17) is 4.74 Å². The van der Waals surface area contributed by atoms with E-state index < -0.39 is 0 Å². The largest absolute Gasteiger partial charge is 0.415 e. The predicted molar refractivity (Wildman–Crippen MR) is 60.2 cm³/mol. The zero-order chi connectivity index (χ0) is 8.27. The summed E-state index contributed by atoms with van der Waals surface area (Å²) in [5.41, 5.74) is 0. The maximum Gasteiger partial charge on any atom is 0.311 e. The van der Waals surface area contributed by atoms with Crippen molar-refractivity contribution in [2.24, 2.45) is 0 Å². The van der Waals surface area contributed by atoms with Crippen molar-refractivity contribution in [1.29, 1.82) is 0 Å². The Bertz CT molecular complexity index is 262. The number of thiophene rings is 1. The van der Waals surface area contributed by atoms with E-state index >= 15 is 0 Å². The minimum absolute atomic E-state index is 0. The molecule has 0 aromatic carbocycles. The molecular formula is C7H8ClIO2S. The van der Waals surface area contributed by atoms with Crippen molar-refractivity contribution in [3.63, 3.8) is 0 Å². The lowest BCUT2D eigenvalue weighted by atomic mass is 10.5. The first-order chi connectivity index (χ1) is 5.22. The second-order valence-corrected chi connectivity index (χ2v) is 4.03. The topological polar surface area (TPSA) is 26.3 Å². The molecule has 0 bridgehead atoms. The maximum absolute atomic E-state index is 10.8. The zero-order valence-electron chi connectivity index (χ0n) is 6.37. The summed E-state index contributed by atoms with van der Waals surface area (Å²) in [6.07, 6.45) is 0.425. The Kier molecular flexibility index (Phi) is 5.86. The molecule has 68 valence electrons. The third-order valence-electron chi connectivity index (χ3n) is 1.05.